The van der Waals surface area contributed by atoms with Gasteiger partial charge in [0.25, 0.3) is 0 Å². The van der Waals surface area contributed by atoms with Gasteiger partial charge in [0, 0.05) is 12.1 Å². The maximum atomic E-state index is 11.6. The Hall–Kier alpha value is -1.35. The molecular weight excluding hydrogens is 224 g/mol. The van der Waals surface area contributed by atoms with Crippen LogP contribution in [0.5, 0.6) is 0 Å². The summed E-state index contributed by atoms with van der Waals surface area (Å²) in [6.07, 6.45) is 2.20. The standard InChI is InChI=1S/C15H22N2O/c1-10(2)17-15(18)9-16-14-7-6-12-5-4-11(3)8-13(12)14/h4-5,8,10,14,16H,6-7,9H2,1-3H3,(H,17,18). The lowest BCUT2D eigenvalue weighted by Crippen LogP contribution is -2.38. The summed E-state index contributed by atoms with van der Waals surface area (Å²) < 4.78 is 0. The summed E-state index contributed by atoms with van der Waals surface area (Å²) in [6, 6.07) is 7.14. The van der Waals surface area contributed by atoms with Crippen molar-refractivity contribution in [2.75, 3.05) is 6.54 Å². The highest BCUT2D eigenvalue weighted by Crippen LogP contribution is 2.31. The first-order chi connectivity index (χ1) is 8.56. The van der Waals surface area contributed by atoms with Crippen LogP contribution in [0.2, 0.25) is 0 Å². The van der Waals surface area contributed by atoms with E-state index in [1.54, 1.807) is 0 Å². The molecule has 1 aromatic rings. The van der Waals surface area contributed by atoms with E-state index >= 15 is 0 Å². The van der Waals surface area contributed by atoms with Gasteiger partial charge < -0.3 is 10.6 Å². The Morgan fingerprint density at radius 2 is 2.22 bits per heavy atom. The molecule has 0 radical (unpaired) electrons. The molecule has 2 N–H and O–H groups in total. The quantitative estimate of drug-likeness (QED) is 0.854. The monoisotopic (exact) mass is 246 g/mol. The fraction of sp³-hybridized carbons (Fsp3) is 0.533. The molecule has 1 aromatic carbocycles. The van der Waals surface area contributed by atoms with Crippen molar-refractivity contribution in [3.8, 4) is 0 Å². The summed E-state index contributed by atoms with van der Waals surface area (Å²) in [5.74, 6) is 0.0751. The number of hydrogen-bond acceptors (Lipinski definition) is 2. The average molecular weight is 246 g/mol. The SMILES string of the molecule is Cc1ccc2c(c1)C(NCC(=O)NC(C)C)CC2. The van der Waals surface area contributed by atoms with E-state index in [4.69, 9.17) is 0 Å². The predicted molar refractivity (Wildman–Crippen MR) is 73.5 cm³/mol. The lowest BCUT2D eigenvalue weighted by Gasteiger charge is -2.15. The first kappa shape index (κ1) is 13.1. The molecule has 1 atom stereocenters. The van der Waals surface area contributed by atoms with Gasteiger partial charge in [0.05, 0.1) is 6.54 Å². The molecule has 0 heterocycles. The highest BCUT2D eigenvalue weighted by atomic mass is 16.1. The van der Waals surface area contributed by atoms with Crippen LogP contribution in [0, 0.1) is 6.92 Å². The van der Waals surface area contributed by atoms with Gasteiger partial charge in [-0.3, -0.25) is 4.79 Å². The van der Waals surface area contributed by atoms with E-state index in [0.29, 0.717) is 12.6 Å². The van der Waals surface area contributed by atoms with Crippen molar-refractivity contribution in [1.82, 2.24) is 10.6 Å². The number of aryl methyl sites for hydroxylation is 2. The van der Waals surface area contributed by atoms with E-state index in [9.17, 15) is 4.79 Å². The zero-order chi connectivity index (χ0) is 13.1. The Labute approximate surface area is 109 Å². The summed E-state index contributed by atoms with van der Waals surface area (Å²) in [6.45, 7) is 6.47. The average Bonchev–Trinajstić information content (AvgIpc) is 2.68. The van der Waals surface area contributed by atoms with Gasteiger partial charge in [-0.2, -0.15) is 0 Å². The Morgan fingerprint density at radius 1 is 1.44 bits per heavy atom. The number of rotatable bonds is 4. The van der Waals surface area contributed by atoms with Crippen LogP contribution in [-0.2, 0) is 11.2 Å². The third-order valence-electron chi connectivity index (χ3n) is 3.34. The van der Waals surface area contributed by atoms with Crippen molar-refractivity contribution in [1.29, 1.82) is 0 Å². The zero-order valence-electron chi connectivity index (χ0n) is 11.4. The van der Waals surface area contributed by atoms with Gasteiger partial charge >= 0.3 is 0 Å². The fourth-order valence-electron chi connectivity index (χ4n) is 2.52. The molecule has 1 aliphatic rings. The molecule has 1 unspecified atom stereocenters. The highest BCUT2D eigenvalue weighted by molar-refractivity contribution is 5.78. The lowest BCUT2D eigenvalue weighted by atomic mass is 10.1. The molecule has 0 aromatic heterocycles. The number of benzene rings is 1. The van der Waals surface area contributed by atoms with E-state index < -0.39 is 0 Å². The molecule has 0 saturated carbocycles. The van der Waals surface area contributed by atoms with Gasteiger partial charge in [-0.25, -0.2) is 0 Å². The summed E-state index contributed by atoms with van der Waals surface area (Å²) in [5, 5.41) is 6.26. The van der Waals surface area contributed by atoms with Crippen LogP contribution in [-0.4, -0.2) is 18.5 Å². The molecular formula is C15H22N2O. The normalized spacial score (nSPS) is 17.9. The Balaban J connectivity index is 1.93. The van der Waals surface area contributed by atoms with Gasteiger partial charge in [-0.1, -0.05) is 23.8 Å². The maximum absolute atomic E-state index is 11.6. The second-order valence-electron chi connectivity index (χ2n) is 5.40. The number of hydrogen-bond donors (Lipinski definition) is 2. The number of nitrogens with one attached hydrogen (secondary N) is 2. The van der Waals surface area contributed by atoms with Crippen LogP contribution in [0.15, 0.2) is 18.2 Å². The molecule has 98 valence electrons. The van der Waals surface area contributed by atoms with Crippen LogP contribution in [0.3, 0.4) is 0 Å². The summed E-state index contributed by atoms with van der Waals surface area (Å²) in [5.41, 5.74) is 4.07. The number of carbonyl (C=O) groups excluding carboxylic acids is 1. The molecule has 0 spiro atoms. The van der Waals surface area contributed by atoms with Gasteiger partial charge in [0.15, 0.2) is 0 Å². The second-order valence-corrected chi connectivity index (χ2v) is 5.40. The smallest absolute Gasteiger partial charge is 0.234 e. The Morgan fingerprint density at radius 3 is 2.94 bits per heavy atom. The molecule has 0 saturated heterocycles. The Kier molecular flexibility index (Phi) is 4.02. The van der Waals surface area contributed by atoms with Crippen LogP contribution in [0.4, 0.5) is 0 Å². The molecule has 3 heteroatoms. The van der Waals surface area contributed by atoms with Gasteiger partial charge in [0.2, 0.25) is 5.91 Å². The van der Waals surface area contributed by atoms with Crippen LogP contribution in [0.25, 0.3) is 0 Å². The van der Waals surface area contributed by atoms with E-state index in [-0.39, 0.29) is 11.9 Å². The van der Waals surface area contributed by atoms with Crippen LogP contribution in [0.1, 0.15) is 43.0 Å². The summed E-state index contributed by atoms with van der Waals surface area (Å²) in [4.78, 5) is 11.6. The van der Waals surface area contributed by atoms with Gasteiger partial charge in [0.1, 0.15) is 0 Å². The van der Waals surface area contributed by atoms with Crippen molar-refractivity contribution in [3.63, 3.8) is 0 Å². The minimum Gasteiger partial charge on any atom is -0.353 e. The third kappa shape index (κ3) is 3.10. The largest absolute Gasteiger partial charge is 0.353 e. The third-order valence-corrected chi connectivity index (χ3v) is 3.34. The molecule has 0 bridgehead atoms. The van der Waals surface area contributed by atoms with Crippen molar-refractivity contribution >= 4 is 5.91 Å². The minimum atomic E-state index is 0.0751. The summed E-state index contributed by atoms with van der Waals surface area (Å²) in [7, 11) is 0. The molecule has 18 heavy (non-hydrogen) atoms. The highest BCUT2D eigenvalue weighted by Gasteiger charge is 2.22. The molecule has 3 nitrogen and oxygen atoms in total. The predicted octanol–water partition coefficient (Wildman–Crippen LogP) is 2.10. The van der Waals surface area contributed by atoms with E-state index in [2.05, 4.69) is 35.8 Å². The van der Waals surface area contributed by atoms with Gasteiger partial charge in [-0.05, 0) is 44.7 Å². The first-order valence-electron chi connectivity index (χ1n) is 6.68. The van der Waals surface area contributed by atoms with Crippen molar-refractivity contribution in [2.45, 2.75) is 45.7 Å². The van der Waals surface area contributed by atoms with Crippen molar-refractivity contribution in [2.24, 2.45) is 0 Å². The molecule has 0 fully saturated rings. The van der Waals surface area contributed by atoms with Crippen molar-refractivity contribution < 1.29 is 4.79 Å². The van der Waals surface area contributed by atoms with Gasteiger partial charge in [-0.15, -0.1) is 0 Å². The number of carbonyl (C=O) groups is 1. The summed E-state index contributed by atoms with van der Waals surface area (Å²) >= 11 is 0. The zero-order valence-corrected chi connectivity index (χ0v) is 11.4. The minimum absolute atomic E-state index is 0.0751. The van der Waals surface area contributed by atoms with Crippen LogP contribution >= 0.6 is 0 Å². The maximum Gasteiger partial charge on any atom is 0.234 e. The topological polar surface area (TPSA) is 41.1 Å². The lowest BCUT2D eigenvalue weighted by molar-refractivity contribution is -0.120. The molecule has 2 rings (SSSR count). The molecule has 0 aliphatic heterocycles. The fourth-order valence-corrected chi connectivity index (χ4v) is 2.52. The van der Waals surface area contributed by atoms with E-state index in [1.165, 1.54) is 16.7 Å². The van der Waals surface area contributed by atoms with E-state index in [1.807, 2.05) is 13.8 Å². The van der Waals surface area contributed by atoms with Crippen molar-refractivity contribution in [3.05, 3.63) is 34.9 Å². The number of amides is 1. The first-order valence-corrected chi connectivity index (χ1v) is 6.68. The molecule has 1 amide bonds. The van der Waals surface area contributed by atoms with Crippen LogP contribution < -0.4 is 10.6 Å². The molecule has 1 aliphatic carbocycles. The number of fused-ring (bicyclic) bond motifs is 1. The second kappa shape index (κ2) is 5.53. The Bertz CT molecular complexity index is 440. The van der Waals surface area contributed by atoms with E-state index in [0.717, 1.165) is 12.8 Å².